The van der Waals surface area contributed by atoms with Crippen molar-refractivity contribution in [3.63, 3.8) is 0 Å². The van der Waals surface area contributed by atoms with Crippen LogP contribution in [0.15, 0.2) is 11.4 Å². The molecule has 1 aliphatic rings. The van der Waals surface area contributed by atoms with Crippen molar-refractivity contribution in [2.45, 2.75) is 37.3 Å². The Morgan fingerprint density at radius 1 is 1.65 bits per heavy atom. The molecular formula is C10H16ClN3O2S. The lowest BCUT2D eigenvalue weighted by Crippen LogP contribution is -2.27. The molecule has 0 bridgehead atoms. The lowest BCUT2D eigenvalue weighted by molar-refractivity contribution is 0.570. The Bertz CT molecular complexity index is 512. The average molecular weight is 278 g/mol. The summed E-state index contributed by atoms with van der Waals surface area (Å²) in [5.74, 6) is 0.470. The summed E-state index contributed by atoms with van der Waals surface area (Å²) in [4.78, 5) is 3.82. The first-order valence-corrected chi connectivity index (χ1v) is 7.51. The first-order chi connectivity index (χ1) is 7.95. The number of aromatic nitrogens is 2. The molecule has 7 heteroatoms. The van der Waals surface area contributed by atoms with E-state index >= 15 is 0 Å². The second-order valence-corrected chi connectivity index (χ2v) is 6.45. The molecule has 1 aliphatic carbocycles. The summed E-state index contributed by atoms with van der Waals surface area (Å²) >= 11 is 5.88. The summed E-state index contributed by atoms with van der Waals surface area (Å²) in [5.41, 5.74) is 0. The molecule has 0 spiro atoms. The zero-order valence-electron chi connectivity index (χ0n) is 9.85. The van der Waals surface area contributed by atoms with Crippen LogP contribution >= 0.6 is 11.6 Å². The number of rotatable bonds is 5. The van der Waals surface area contributed by atoms with E-state index in [1.165, 1.54) is 10.9 Å². The second-order valence-electron chi connectivity index (χ2n) is 4.46. The van der Waals surface area contributed by atoms with Gasteiger partial charge in [0.1, 0.15) is 5.15 Å². The lowest BCUT2D eigenvalue weighted by atomic mass is 10.2. The normalized spacial score (nSPS) is 23.9. The van der Waals surface area contributed by atoms with Crippen LogP contribution in [0.4, 0.5) is 0 Å². The molecule has 1 aromatic rings. The van der Waals surface area contributed by atoms with Gasteiger partial charge in [-0.3, -0.25) is 0 Å². The van der Waals surface area contributed by atoms with Crippen molar-refractivity contribution in [2.75, 3.05) is 0 Å². The van der Waals surface area contributed by atoms with E-state index in [0.717, 1.165) is 19.3 Å². The molecule has 1 N–H and O–H groups in total. The molecule has 0 aliphatic heterocycles. The van der Waals surface area contributed by atoms with E-state index in [4.69, 9.17) is 11.6 Å². The van der Waals surface area contributed by atoms with Gasteiger partial charge in [-0.15, -0.1) is 0 Å². The molecule has 1 saturated carbocycles. The SMILES string of the molecule is CCCC1CC1NS(=O)(=O)c1ncn(C)c1Cl. The van der Waals surface area contributed by atoms with Crippen LogP contribution in [0.2, 0.25) is 5.15 Å². The highest BCUT2D eigenvalue weighted by Gasteiger charge is 2.40. The fraction of sp³-hybridized carbons (Fsp3) is 0.700. The molecule has 0 aromatic carbocycles. The van der Waals surface area contributed by atoms with Gasteiger partial charge in [0.05, 0.1) is 6.33 Å². The van der Waals surface area contributed by atoms with E-state index in [9.17, 15) is 8.42 Å². The van der Waals surface area contributed by atoms with Gasteiger partial charge in [0.15, 0.2) is 0 Å². The highest BCUT2D eigenvalue weighted by molar-refractivity contribution is 7.89. The number of nitrogens with zero attached hydrogens (tertiary/aromatic N) is 2. The molecule has 0 saturated heterocycles. The van der Waals surface area contributed by atoms with Crippen molar-refractivity contribution in [1.82, 2.24) is 14.3 Å². The number of nitrogens with one attached hydrogen (secondary N) is 1. The molecule has 96 valence electrons. The van der Waals surface area contributed by atoms with Gasteiger partial charge in [-0.2, -0.15) is 0 Å². The van der Waals surface area contributed by atoms with Gasteiger partial charge in [0, 0.05) is 13.1 Å². The molecule has 0 radical (unpaired) electrons. The van der Waals surface area contributed by atoms with Crippen LogP contribution < -0.4 is 4.72 Å². The molecule has 17 heavy (non-hydrogen) atoms. The number of imidazole rings is 1. The van der Waals surface area contributed by atoms with Crippen LogP contribution in [0.3, 0.4) is 0 Å². The highest BCUT2D eigenvalue weighted by Crippen LogP contribution is 2.36. The summed E-state index contributed by atoms with van der Waals surface area (Å²) in [6.45, 7) is 2.10. The molecule has 1 fully saturated rings. The number of sulfonamides is 1. The fourth-order valence-corrected chi connectivity index (χ4v) is 3.66. The molecule has 2 unspecified atom stereocenters. The fourth-order valence-electron chi connectivity index (χ4n) is 1.91. The van der Waals surface area contributed by atoms with Crippen LogP contribution in [-0.4, -0.2) is 24.0 Å². The largest absolute Gasteiger partial charge is 0.324 e. The van der Waals surface area contributed by atoms with Crippen molar-refractivity contribution >= 4 is 21.6 Å². The van der Waals surface area contributed by atoms with Crippen LogP contribution in [0.1, 0.15) is 26.2 Å². The summed E-state index contributed by atoms with van der Waals surface area (Å²) in [6, 6.07) is 0.0537. The van der Waals surface area contributed by atoms with Crippen LogP contribution in [0, 0.1) is 5.92 Å². The third kappa shape index (κ3) is 2.64. The minimum atomic E-state index is -3.57. The smallest absolute Gasteiger partial charge is 0.261 e. The first kappa shape index (κ1) is 12.9. The summed E-state index contributed by atoms with van der Waals surface area (Å²) in [6.07, 6.45) is 4.45. The van der Waals surface area contributed by atoms with E-state index in [1.807, 2.05) is 0 Å². The van der Waals surface area contributed by atoms with Crippen LogP contribution in [0.25, 0.3) is 0 Å². The Kier molecular flexibility index (Phi) is 3.47. The van der Waals surface area contributed by atoms with E-state index in [0.29, 0.717) is 5.92 Å². The predicted octanol–water partition coefficient (Wildman–Crippen LogP) is 1.54. The Morgan fingerprint density at radius 3 is 2.88 bits per heavy atom. The van der Waals surface area contributed by atoms with Crippen molar-refractivity contribution < 1.29 is 8.42 Å². The summed E-state index contributed by atoms with van der Waals surface area (Å²) < 4.78 is 28.1. The Morgan fingerprint density at radius 2 is 2.35 bits per heavy atom. The van der Waals surface area contributed by atoms with E-state index in [1.54, 1.807) is 7.05 Å². The number of hydrogen-bond donors (Lipinski definition) is 1. The Hall–Kier alpha value is -0.590. The lowest BCUT2D eigenvalue weighted by Gasteiger charge is -2.04. The van der Waals surface area contributed by atoms with E-state index in [-0.39, 0.29) is 16.2 Å². The number of aryl methyl sites for hydroxylation is 1. The van der Waals surface area contributed by atoms with Gasteiger partial charge in [0.25, 0.3) is 10.0 Å². The maximum absolute atomic E-state index is 12.0. The van der Waals surface area contributed by atoms with Gasteiger partial charge in [-0.1, -0.05) is 24.9 Å². The molecule has 0 amide bonds. The topological polar surface area (TPSA) is 64.0 Å². The van der Waals surface area contributed by atoms with E-state index in [2.05, 4.69) is 16.6 Å². The molecule has 2 rings (SSSR count). The van der Waals surface area contributed by atoms with Crippen LogP contribution in [-0.2, 0) is 17.1 Å². The standard InChI is InChI=1S/C10H16ClN3O2S/c1-3-4-7-5-8(7)13-17(15,16)10-9(11)14(2)6-12-10/h6-8,13H,3-5H2,1-2H3. The Balaban J connectivity index is 2.08. The molecule has 1 heterocycles. The predicted molar refractivity (Wildman–Crippen MR) is 65.3 cm³/mol. The van der Waals surface area contributed by atoms with Crippen LogP contribution in [0.5, 0.6) is 0 Å². The summed E-state index contributed by atoms with van der Waals surface area (Å²) in [5, 5.41) is 0.0639. The van der Waals surface area contributed by atoms with Crippen molar-refractivity contribution in [3.8, 4) is 0 Å². The van der Waals surface area contributed by atoms with Gasteiger partial charge in [-0.25, -0.2) is 18.1 Å². The first-order valence-electron chi connectivity index (χ1n) is 5.65. The molecular weight excluding hydrogens is 262 g/mol. The quantitative estimate of drug-likeness (QED) is 0.888. The molecule has 5 nitrogen and oxygen atoms in total. The third-order valence-corrected chi connectivity index (χ3v) is 4.96. The summed E-state index contributed by atoms with van der Waals surface area (Å²) in [7, 11) is -1.91. The Labute approximate surface area is 106 Å². The third-order valence-electron chi connectivity index (χ3n) is 2.98. The number of hydrogen-bond acceptors (Lipinski definition) is 3. The zero-order chi connectivity index (χ0) is 12.6. The monoisotopic (exact) mass is 277 g/mol. The van der Waals surface area contributed by atoms with Gasteiger partial charge in [0.2, 0.25) is 5.03 Å². The van der Waals surface area contributed by atoms with Crippen molar-refractivity contribution in [3.05, 3.63) is 11.5 Å². The molecule has 2 atom stereocenters. The maximum atomic E-state index is 12.0. The van der Waals surface area contributed by atoms with Gasteiger partial charge >= 0.3 is 0 Å². The zero-order valence-corrected chi connectivity index (χ0v) is 11.4. The highest BCUT2D eigenvalue weighted by atomic mass is 35.5. The average Bonchev–Trinajstić information content (AvgIpc) is 2.85. The van der Waals surface area contributed by atoms with E-state index < -0.39 is 10.0 Å². The van der Waals surface area contributed by atoms with Gasteiger partial charge < -0.3 is 4.57 Å². The number of halogens is 1. The maximum Gasteiger partial charge on any atom is 0.261 e. The van der Waals surface area contributed by atoms with Crippen molar-refractivity contribution in [1.29, 1.82) is 0 Å². The van der Waals surface area contributed by atoms with Crippen molar-refractivity contribution in [2.24, 2.45) is 13.0 Å². The molecule has 1 aromatic heterocycles. The van der Waals surface area contributed by atoms with Gasteiger partial charge in [-0.05, 0) is 18.8 Å². The minimum absolute atomic E-state index is 0.0537. The second kappa shape index (κ2) is 4.59. The minimum Gasteiger partial charge on any atom is -0.324 e.